The van der Waals surface area contributed by atoms with Crippen molar-refractivity contribution >= 4 is 17.9 Å². The lowest BCUT2D eigenvalue weighted by molar-refractivity contribution is -0.122. The lowest BCUT2D eigenvalue weighted by Gasteiger charge is -2.29. The van der Waals surface area contributed by atoms with E-state index in [1.807, 2.05) is 20.8 Å². The number of fused-ring (bicyclic) bond motifs is 2. The number of aliphatic hydroxyl groups excluding tert-OH is 1. The van der Waals surface area contributed by atoms with Crippen LogP contribution >= 0.6 is 0 Å². The fourth-order valence-corrected chi connectivity index (χ4v) is 5.73. The monoisotopic (exact) mass is 686 g/mol. The van der Waals surface area contributed by atoms with Crippen molar-refractivity contribution < 1.29 is 39.8 Å². The second-order valence-corrected chi connectivity index (χ2v) is 12.1. The zero-order valence-electron chi connectivity index (χ0n) is 30.9. The van der Waals surface area contributed by atoms with E-state index < -0.39 is 6.09 Å². The van der Waals surface area contributed by atoms with Gasteiger partial charge in [0.2, 0.25) is 11.8 Å². The Hall–Kier alpha value is -3.51. The molecule has 2 unspecified atom stereocenters. The largest absolute Gasteiger partial charge is 0.449 e. The Morgan fingerprint density at radius 2 is 1.57 bits per heavy atom. The molecule has 5 N–H and O–H groups in total. The van der Waals surface area contributed by atoms with Gasteiger partial charge in [-0.05, 0) is 99.1 Å². The molecule has 2 atom stereocenters. The van der Waals surface area contributed by atoms with Crippen LogP contribution in [0, 0.1) is 0 Å². The molecule has 3 rings (SSSR count). The number of hydrogen-bond acceptors (Lipinski definition) is 8. The van der Waals surface area contributed by atoms with Gasteiger partial charge in [0.05, 0.1) is 12.7 Å². The minimum atomic E-state index is -0.794. The van der Waals surface area contributed by atoms with E-state index in [1.54, 1.807) is 12.8 Å². The van der Waals surface area contributed by atoms with Crippen LogP contribution in [-0.2, 0) is 47.8 Å². The number of aliphatic hydroxyl groups is 1. The van der Waals surface area contributed by atoms with Crippen molar-refractivity contribution in [1.82, 2.24) is 10.6 Å². The van der Waals surface area contributed by atoms with Gasteiger partial charge < -0.3 is 40.4 Å². The Morgan fingerprint density at radius 3 is 2.12 bits per heavy atom. The zero-order valence-corrected chi connectivity index (χ0v) is 29.9. The molecule has 3 amide bonds. The first-order valence-electron chi connectivity index (χ1n) is 18.2. The van der Waals surface area contributed by atoms with Crippen molar-refractivity contribution in [1.29, 1.82) is 0 Å². The fraction of sp³-hybridized carbons (Fsp3) is 0.605. The maximum absolute atomic E-state index is 12.3. The summed E-state index contributed by atoms with van der Waals surface area (Å²) in [5.41, 5.74) is 8.57. The maximum atomic E-state index is 12.3. The molecule has 1 aliphatic carbocycles. The van der Waals surface area contributed by atoms with Gasteiger partial charge in [-0.15, -0.1) is 0 Å². The van der Waals surface area contributed by atoms with Crippen LogP contribution in [0.1, 0.15) is 98.6 Å². The number of carbonyl (C=O) groups is 3. The van der Waals surface area contributed by atoms with Crippen LogP contribution in [0.4, 0.5) is 4.79 Å². The van der Waals surface area contributed by atoms with Crippen molar-refractivity contribution in [3.63, 3.8) is 0 Å². The third kappa shape index (κ3) is 16.6. The van der Waals surface area contributed by atoms with Crippen molar-refractivity contribution in [2.75, 3.05) is 59.8 Å². The lowest BCUT2D eigenvalue weighted by atomic mass is 9.77. The third-order valence-electron chi connectivity index (χ3n) is 8.25. The predicted molar refractivity (Wildman–Crippen MR) is 191 cm³/mol. The summed E-state index contributed by atoms with van der Waals surface area (Å²) >= 11 is 0. The molecule has 1 aliphatic rings. The van der Waals surface area contributed by atoms with Crippen molar-refractivity contribution in [3.8, 4) is 0 Å². The molecule has 11 nitrogen and oxygen atoms in total. The summed E-state index contributed by atoms with van der Waals surface area (Å²) in [7, 11) is 1.70. The number of nitrogens with one attached hydrogen (secondary N) is 2. The molecule has 2 aromatic rings. The van der Waals surface area contributed by atoms with Crippen molar-refractivity contribution in [3.05, 3.63) is 69.8 Å². The summed E-state index contributed by atoms with van der Waals surface area (Å²) in [6.07, 6.45) is 5.35. The number of rotatable bonds is 22. The molecule has 49 heavy (non-hydrogen) atoms. The van der Waals surface area contributed by atoms with E-state index in [0.717, 1.165) is 74.2 Å². The topological polar surface area (TPSA) is 158 Å². The number of aryl methyl sites for hydroxylation is 2. The Kier molecular flexibility index (Phi) is 20.0. The highest BCUT2D eigenvalue weighted by Gasteiger charge is 2.27. The lowest BCUT2D eigenvalue weighted by Crippen LogP contribution is -2.28. The van der Waals surface area contributed by atoms with E-state index >= 15 is 0 Å². The summed E-state index contributed by atoms with van der Waals surface area (Å²) in [4.78, 5) is 36.0. The van der Waals surface area contributed by atoms with Gasteiger partial charge in [0.15, 0.2) is 1.41 Å². The van der Waals surface area contributed by atoms with Crippen LogP contribution < -0.4 is 16.4 Å². The number of amides is 3. The number of ether oxygens (including phenoxy) is 4. The zero-order chi connectivity index (χ0) is 36.6. The van der Waals surface area contributed by atoms with Crippen molar-refractivity contribution in [2.24, 2.45) is 5.73 Å². The number of methoxy groups -OCH3 is 1. The van der Waals surface area contributed by atoms with Gasteiger partial charge in [0, 0.05) is 65.4 Å². The first kappa shape index (κ1) is 39.9. The number of nitrogens with two attached hydrogens (primary N) is 1. The van der Waals surface area contributed by atoms with Gasteiger partial charge >= 0.3 is 6.09 Å². The van der Waals surface area contributed by atoms with Crippen LogP contribution in [-0.4, -0.2) is 89.0 Å². The van der Waals surface area contributed by atoms with Crippen LogP contribution in [0.2, 0.25) is 1.41 Å². The standard InChI is InChI=1S/C32H45N3O6.C6H14O2/c1-3-34-30(37)8-4-6-23-10-12-25-20-26-13-11-24(19-28(26)29(27(25)18-23)21-41-32(33)39)7-5-9-31(38)35-15-17-40-22(2)14-16-36;1-3-8-6-4-5-7-2/h10-13,18-19,22,29,36H,3-9,14-17,20-21H2,1-2H3,(H2,33,39)(H,34,37)(H,35,38);3-6H2,1-2H3/i/hD. The number of primary amides is 1. The van der Waals surface area contributed by atoms with Gasteiger partial charge in [-0.1, -0.05) is 36.4 Å². The molecule has 274 valence electrons. The molecule has 0 heterocycles. The Labute approximate surface area is 294 Å². The van der Waals surface area contributed by atoms with E-state index in [2.05, 4.69) is 47.0 Å². The summed E-state index contributed by atoms with van der Waals surface area (Å²) < 4.78 is 27.9. The van der Waals surface area contributed by atoms with Gasteiger partial charge in [0.1, 0.15) is 6.61 Å². The third-order valence-corrected chi connectivity index (χ3v) is 8.25. The van der Waals surface area contributed by atoms with Crippen LogP contribution in [0.5, 0.6) is 0 Å². The summed E-state index contributed by atoms with van der Waals surface area (Å²) in [5.74, 6) is -0.145. The molecule has 0 fully saturated rings. The van der Waals surface area contributed by atoms with Gasteiger partial charge in [-0.3, -0.25) is 9.59 Å². The molecule has 2 aromatic carbocycles. The molecule has 0 spiro atoms. The van der Waals surface area contributed by atoms with E-state index in [1.165, 1.54) is 11.1 Å². The fourth-order valence-electron chi connectivity index (χ4n) is 5.73. The molecule has 0 saturated carbocycles. The average Bonchev–Trinajstić information content (AvgIpc) is 3.11. The molecular formula is C38H59N3O8. The minimum Gasteiger partial charge on any atom is -0.449 e. The highest BCUT2D eigenvalue weighted by Crippen LogP contribution is 2.38. The van der Waals surface area contributed by atoms with Gasteiger partial charge in [-0.25, -0.2) is 4.79 Å². The summed E-state index contributed by atoms with van der Waals surface area (Å²) in [6.45, 7) is 9.90. The molecule has 0 radical (unpaired) electrons. The normalized spacial score (nSPS) is 13.9. The van der Waals surface area contributed by atoms with E-state index in [4.69, 9.17) is 25.5 Å². The summed E-state index contributed by atoms with van der Waals surface area (Å²) in [5, 5.41) is 14.6. The smallest absolute Gasteiger partial charge is 0.404 e. The second kappa shape index (κ2) is 24.6. The SMILES string of the molecule is CCOCCCOC.[2H]NC(=O)OCC1c2cc(CCCC(=O)NCC)ccc2Cc2ccc(CCCC(=O)NCCOC(C)CCO)cc21. The Bertz CT molecular complexity index is 1290. The van der Waals surface area contributed by atoms with E-state index in [9.17, 15) is 14.4 Å². The molecular weight excluding hydrogens is 626 g/mol. The molecule has 0 aliphatic heterocycles. The molecule has 0 bridgehead atoms. The molecule has 11 heteroatoms. The van der Waals surface area contributed by atoms with Gasteiger partial charge in [-0.2, -0.15) is 0 Å². The number of carbonyl (C=O) groups excluding carboxylic acids is 3. The Morgan fingerprint density at radius 1 is 0.939 bits per heavy atom. The highest BCUT2D eigenvalue weighted by molar-refractivity contribution is 5.76. The Balaban J connectivity index is 0.000000963. The molecule has 0 saturated heterocycles. The second-order valence-electron chi connectivity index (χ2n) is 12.1. The van der Waals surface area contributed by atoms with Crippen LogP contribution in [0.15, 0.2) is 36.4 Å². The predicted octanol–water partition coefficient (Wildman–Crippen LogP) is 4.56. The number of benzene rings is 2. The first-order valence-corrected chi connectivity index (χ1v) is 17.7. The number of hydrogen-bond donors (Lipinski definition) is 4. The first-order chi connectivity index (χ1) is 24.3. The van der Waals surface area contributed by atoms with Crippen LogP contribution in [0.3, 0.4) is 0 Å². The minimum absolute atomic E-state index is 0.0207. The van der Waals surface area contributed by atoms with Gasteiger partial charge in [0.25, 0.3) is 0 Å². The van der Waals surface area contributed by atoms with E-state index in [-0.39, 0.29) is 37.0 Å². The quantitative estimate of drug-likeness (QED) is 0.131. The van der Waals surface area contributed by atoms with Crippen LogP contribution in [0.25, 0.3) is 0 Å². The maximum Gasteiger partial charge on any atom is 0.404 e. The average molecular weight is 687 g/mol. The van der Waals surface area contributed by atoms with Crippen molar-refractivity contribution in [2.45, 2.75) is 90.6 Å². The summed E-state index contributed by atoms with van der Waals surface area (Å²) in [6, 6.07) is 12.8. The van der Waals surface area contributed by atoms with E-state index in [0.29, 0.717) is 45.4 Å². The molecule has 0 aromatic heterocycles. The highest BCUT2D eigenvalue weighted by atomic mass is 16.5.